The van der Waals surface area contributed by atoms with Crippen molar-refractivity contribution in [3.8, 4) is 5.75 Å². The number of ether oxygens (including phenoxy) is 1. The molecule has 4 heteroatoms. The Balaban J connectivity index is 2.53. The van der Waals surface area contributed by atoms with Crippen LogP contribution in [0.4, 0.5) is 5.69 Å². The topological polar surface area (TPSA) is 58.7 Å². The van der Waals surface area contributed by atoms with Crippen LogP contribution in [-0.4, -0.2) is 38.5 Å². The molecule has 0 spiro atoms. The van der Waals surface area contributed by atoms with Crippen LogP contribution in [0.5, 0.6) is 5.75 Å². The Labute approximate surface area is 122 Å². The highest BCUT2D eigenvalue weighted by molar-refractivity contribution is 5.50. The molecule has 0 aromatic heterocycles. The molecule has 0 unspecified atom stereocenters. The molecule has 0 aliphatic rings. The first-order valence-corrected chi connectivity index (χ1v) is 7.51. The van der Waals surface area contributed by atoms with Crippen LogP contribution in [0.2, 0.25) is 0 Å². The summed E-state index contributed by atoms with van der Waals surface area (Å²) in [5.74, 6) is 0.889. The number of nitrogens with two attached hydrogens (primary N) is 1. The van der Waals surface area contributed by atoms with E-state index in [0.717, 1.165) is 50.9 Å². The first-order valence-electron chi connectivity index (χ1n) is 7.51. The van der Waals surface area contributed by atoms with Crippen LogP contribution in [0.25, 0.3) is 0 Å². The summed E-state index contributed by atoms with van der Waals surface area (Å²) >= 11 is 0. The van der Waals surface area contributed by atoms with Gasteiger partial charge in [0.2, 0.25) is 0 Å². The number of aliphatic hydroxyl groups is 1. The molecular weight excluding hydrogens is 252 g/mol. The maximum absolute atomic E-state index is 8.79. The summed E-state index contributed by atoms with van der Waals surface area (Å²) in [6.07, 6.45) is 5.29. The second-order valence-corrected chi connectivity index (χ2v) is 4.97. The van der Waals surface area contributed by atoms with Gasteiger partial charge in [-0.1, -0.05) is 18.9 Å². The third-order valence-corrected chi connectivity index (χ3v) is 3.39. The van der Waals surface area contributed by atoms with Crippen molar-refractivity contribution in [2.24, 2.45) is 5.73 Å². The van der Waals surface area contributed by atoms with E-state index in [0.29, 0.717) is 13.2 Å². The lowest BCUT2D eigenvalue weighted by Gasteiger charge is -2.25. The highest BCUT2D eigenvalue weighted by Crippen LogP contribution is 2.21. The van der Waals surface area contributed by atoms with Crippen molar-refractivity contribution in [3.05, 3.63) is 24.3 Å². The quantitative estimate of drug-likeness (QED) is 0.611. The molecule has 20 heavy (non-hydrogen) atoms. The summed E-state index contributed by atoms with van der Waals surface area (Å²) in [5, 5.41) is 8.79. The van der Waals surface area contributed by atoms with Crippen molar-refractivity contribution in [1.29, 1.82) is 0 Å². The van der Waals surface area contributed by atoms with Gasteiger partial charge in [-0.2, -0.15) is 0 Å². The molecule has 3 N–H and O–H groups in total. The first-order chi connectivity index (χ1) is 9.81. The largest absolute Gasteiger partial charge is 0.497 e. The SMILES string of the molecule is COc1cccc(N(CCCN)CCCCCCO)c1. The second kappa shape index (κ2) is 10.5. The molecule has 114 valence electrons. The molecule has 0 aliphatic carbocycles. The van der Waals surface area contributed by atoms with Crippen molar-refractivity contribution >= 4 is 5.69 Å². The Morgan fingerprint density at radius 2 is 1.85 bits per heavy atom. The molecular formula is C16H28N2O2. The number of benzene rings is 1. The van der Waals surface area contributed by atoms with Gasteiger partial charge in [-0.15, -0.1) is 0 Å². The predicted molar refractivity (Wildman–Crippen MR) is 84.4 cm³/mol. The van der Waals surface area contributed by atoms with E-state index >= 15 is 0 Å². The Morgan fingerprint density at radius 3 is 2.55 bits per heavy atom. The third-order valence-electron chi connectivity index (χ3n) is 3.39. The minimum Gasteiger partial charge on any atom is -0.497 e. The fraction of sp³-hybridized carbons (Fsp3) is 0.625. The molecule has 0 fully saturated rings. The van der Waals surface area contributed by atoms with Gasteiger partial charge >= 0.3 is 0 Å². The van der Waals surface area contributed by atoms with Gasteiger partial charge in [0.15, 0.2) is 0 Å². The average molecular weight is 280 g/mol. The van der Waals surface area contributed by atoms with E-state index in [4.69, 9.17) is 15.6 Å². The molecule has 0 amide bonds. The zero-order valence-electron chi connectivity index (χ0n) is 12.6. The zero-order valence-corrected chi connectivity index (χ0v) is 12.6. The fourth-order valence-electron chi connectivity index (χ4n) is 2.23. The minimum absolute atomic E-state index is 0.298. The van der Waals surface area contributed by atoms with E-state index in [-0.39, 0.29) is 0 Å². The van der Waals surface area contributed by atoms with Gasteiger partial charge in [-0.3, -0.25) is 0 Å². The molecule has 1 rings (SSSR count). The van der Waals surface area contributed by atoms with Gasteiger partial charge in [-0.25, -0.2) is 0 Å². The third kappa shape index (κ3) is 6.26. The molecule has 1 aromatic carbocycles. The lowest BCUT2D eigenvalue weighted by molar-refractivity contribution is 0.282. The van der Waals surface area contributed by atoms with Crippen LogP contribution >= 0.6 is 0 Å². The molecule has 0 saturated heterocycles. The van der Waals surface area contributed by atoms with E-state index < -0.39 is 0 Å². The van der Waals surface area contributed by atoms with E-state index in [1.54, 1.807) is 7.11 Å². The summed E-state index contributed by atoms with van der Waals surface area (Å²) in [5.41, 5.74) is 6.82. The second-order valence-electron chi connectivity index (χ2n) is 4.97. The van der Waals surface area contributed by atoms with Gasteiger partial charge in [0.25, 0.3) is 0 Å². The standard InChI is InChI=1S/C16H28N2O2/c1-20-16-9-6-8-15(14-16)18(12-7-10-17)11-4-2-3-5-13-19/h6,8-9,14,19H,2-5,7,10-13,17H2,1H3. The number of aliphatic hydroxyl groups excluding tert-OH is 1. The van der Waals surface area contributed by atoms with Crippen LogP contribution in [0.3, 0.4) is 0 Å². The van der Waals surface area contributed by atoms with E-state index in [1.807, 2.05) is 12.1 Å². The number of anilines is 1. The van der Waals surface area contributed by atoms with Crippen molar-refractivity contribution in [2.45, 2.75) is 32.1 Å². The van der Waals surface area contributed by atoms with Crippen LogP contribution in [0.15, 0.2) is 24.3 Å². The van der Waals surface area contributed by atoms with Crippen molar-refractivity contribution in [1.82, 2.24) is 0 Å². The van der Waals surface area contributed by atoms with Gasteiger partial charge in [0.05, 0.1) is 7.11 Å². The number of unbranched alkanes of at least 4 members (excludes halogenated alkanes) is 3. The fourth-order valence-corrected chi connectivity index (χ4v) is 2.23. The number of methoxy groups -OCH3 is 1. The molecule has 4 nitrogen and oxygen atoms in total. The smallest absolute Gasteiger partial charge is 0.120 e. The highest BCUT2D eigenvalue weighted by atomic mass is 16.5. The van der Waals surface area contributed by atoms with Gasteiger partial charge in [0, 0.05) is 31.5 Å². The average Bonchev–Trinajstić information content (AvgIpc) is 2.50. The van der Waals surface area contributed by atoms with Crippen LogP contribution in [0, 0.1) is 0 Å². The summed E-state index contributed by atoms with van der Waals surface area (Å²) < 4.78 is 5.29. The predicted octanol–water partition coefficient (Wildman–Crippen LogP) is 2.40. The monoisotopic (exact) mass is 280 g/mol. The maximum atomic E-state index is 8.79. The summed E-state index contributed by atoms with van der Waals surface area (Å²) in [6, 6.07) is 8.18. The Kier molecular flexibility index (Phi) is 8.83. The first kappa shape index (κ1) is 16.8. The Morgan fingerprint density at radius 1 is 1.10 bits per heavy atom. The van der Waals surface area contributed by atoms with E-state index in [9.17, 15) is 0 Å². The summed E-state index contributed by atoms with van der Waals surface area (Å²) in [7, 11) is 1.69. The molecule has 0 bridgehead atoms. The molecule has 0 radical (unpaired) electrons. The lowest BCUT2D eigenvalue weighted by Crippen LogP contribution is -2.27. The number of hydrogen-bond acceptors (Lipinski definition) is 4. The number of hydrogen-bond donors (Lipinski definition) is 2. The highest BCUT2D eigenvalue weighted by Gasteiger charge is 2.06. The van der Waals surface area contributed by atoms with Crippen LogP contribution in [-0.2, 0) is 0 Å². The van der Waals surface area contributed by atoms with Crippen molar-refractivity contribution < 1.29 is 9.84 Å². The summed E-state index contributed by atoms with van der Waals surface area (Å²) in [4.78, 5) is 2.37. The summed E-state index contributed by atoms with van der Waals surface area (Å²) in [6.45, 7) is 3.01. The molecule has 0 saturated carbocycles. The lowest BCUT2D eigenvalue weighted by atomic mass is 10.1. The normalized spacial score (nSPS) is 10.6. The van der Waals surface area contributed by atoms with Crippen LogP contribution in [0.1, 0.15) is 32.1 Å². The van der Waals surface area contributed by atoms with E-state index in [2.05, 4.69) is 17.0 Å². The number of nitrogens with zero attached hydrogens (tertiary/aromatic N) is 1. The van der Waals surface area contributed by atoms with Gasteiger partial charge in [-0.05, 0) is 37.9 Å². The molecule has 0 heterocycles. The van der Waals surface area contributed by atoms with Crippen LogP contribution < -0.4 is 15.4 Å². The number of rotatable bonds is 11. The minimum atomic E-state index is 0.298. The van der Waals surface area contributed by atoms with Gasteiger partial charge < -0.3 is 20.5 Å². The molecule has 0 atom stereocenters. The Bertz CT molecular complexity index is 358. The van der Waals surface area contributed by atoms with Crippen molar-refractivity contribution in [2.75, 3.05) is 38.3 Å². The Hall–Kier alpha value is -1.26. The zero-order chi connectivity index (χ0) is 14.6. The van der Waals surface area contributed by atoms with Gasteiger partial charge in [0.1, 0.15) is 5.75 Å². The molecule has 1 aromatic rings. The molecule has 0 aliphatic heterocycles. The van der Waals surface area contributed by atoms with E-state index in [1.165, 1.54) is 5.69 Å². The van der Waals surface area contributed by atoms with Crippen molar-refractivity contribution in [3.63, 3.8) is 0 Å². The maximum Gasteiger partial charge on any atom is 0.120 e.